The number of alkyl halides is 1. The average molecular weight is 299 g/mol. The number of methoxy groups -OCH3 is 1. The summed E-state index contributed by atoms with van der Waals surface area (Å²) in [6, 6.07) is 10.1. The van der Waals surface area contributed by atoms with Crippen LogP contribution in [0.2, 0.25) is 5.02 Å². The summed E-state index contributed by atoms with van der Waals surface area (Å²) in [4.78, 5) is 0. The fraction of sp³-hybridized carbons (Fsp3) is 0.200. The van der Waals surface area contributed by atoms with Crippen molar-refractivity contribution in [2.75, 3.05) is 7.11 Å². The molecule has 0 aromatic heterocycles. The second-order valence-electron chi connectivity index (χ2n) is 4.26. The summed E-state index contributed by atoms with van der Waals surface area (Å²) >= 11 is 12.6. The van der Waals surface area contributed by atoms with Gasteiger partial charge >= 0.3 is 0 Å². The van der Waals surface area contributed by atoms with E-state index in [-0.39, 0.29) is 5.82 Å². The lowest BCUT2D eigenvalue weighted by Gasteiger charge is -2.14. The second-order valence-corrected chi connectivity index (χ2v) is 5.10. The average Bonchev–Trinajstić information content (AvgIpc) is 2.41. The zero-order valence-corrected chi connectivity index (χ0v) is 12.1. The molecule has 0 radical (unpaired) electrons. The Morgan fingerprint density at radius 3 is 2.47 bits per heavy atom. The van der Waals surface area contributed by atoms with Gasteiger partial charge in [0.05, 0.1) is 12.5 Å². The van der Waals surface area contributed by atoms with Crippen LogP contribution in [0.25, 0.3) is 0 Å². The Labute approximate surface area is 121 Å². The van der Waals surface area contributed by atoms with Crippen LogP contribution in [-0.4, -0.2) is 7.11 Å². The Morgan fingerprint density at radius 2 is 1.89 bits per heavy atom. The number of hydrogen-bond donors (Lipinski definition) is 0. The van der Waals surface area contributed by atoms with E-state index in [4.69, 9.17) is 27.9 Å². The van der Waals surface area contributed by atoms with Crippen molar-refractivity contribution in [1.82, 2.24) is 0 Å². The van der Waals surface area contributed by atoms with Crippen molar-refractivity contribution in [2.24, 2.45) is 0 Å². The number of ether oxygens (including phenoxy) is 1. The molecule has 0 fully saturated rings. The smallest absolute Gasteiger partial charge is 0.126 e. The summed E-state index contributed by atoms with van der Waals surface area (Å²) in [5, 5.41) is 0.110. The molecule has 100 valence electrons. The third-order valence-electron chi connectivity index (χ3n) is 2.96. The molecule has 1 nitrogen and oxygen atoms in total. The first-order chi connectivity index (χ1) is 9.02. The molecular weight excluding hydrogens is 286 g/mol. The van der Waals surface area contributed by atoms with Gasteiger partial charge in [-0.15, -0.1) is 11.6 Å². The Balaban J connectivity index is 2.38. The van der Waals surface area contributed by atoms with E-state index in [9.17, 15) is 4.39 Å². The van der Waals surface area contributed by atoms with Crippen LogP contribution in [0, 0.1) is 12.7 Å². The Bertz CT molecular complexity index is 599. The molecule has 0 spiro atoms. The molecule has 0 aliphatic carbocycles. The molecule has 2 rings (SSSR count). The fourth-order valence-corrected chi connectivity index (χ4v) is 2.51. The Hall–Kier alpha value is -1.25. The van der Waals surface area contributed by atoms with E-state index in [0.717, 1.165) is 11.1 Å². The van der Waals surface area contributed by atoms with Crippen molar-refractivity contribution in [3.8, 4) is 5.75 Å². The highest BCUT2D eigenvalue weighted by atomic mass is 35.5. The molecule has 0 aliphatic rings. The lowest BCUT2D eigenvalue weighted by atomic mass is 10.0. The van der Waals surface area contributed by atoms with Crippen molar-refractivity contribution in [3.05, 3.63) is 63.9 Å². The molecule has 0 saturated carbocycles. The normalized spacial score (nSPS) is 12.3. The minimum atomic E-state index is -0.419. The maximum absolute atomic E-state index is 13.3. The maximum Gasteiger partial charge on any atom is 0.126 e. The van der Waals surface area contributed by atoms with Gasteiger partial charge < -0.3 is 4.74 Å². The van der Waals surface area contributed by atoms with Crippen molar-refractivity contribution in [3.63, 3.8) is 0 Å². The highest BCUT2D eigenvalue weighted by Crippen LogP contribution is 2.35. The first-order valence-electron chi connectivity index (χ1n) is 5.76. The van der Waals surface area contributed by atoms with Gasteiger partial charge in [-0.2, -0.15) is 0 Å². The third-order valence-corrected chi connectivity index (χ3v) is 3.77. The summed E-state index contributed by atoms with van der Waals surface area (Å²) in [6.45, 7) is 1.71. The van der Waals surface area contributed by atoms with Crippen LogP contribution in [-0.2, 0) is 0 Å². The summed E-state index contributed by atoms with van der Waals surface area (Å²) in [5.41, 5.74) is 2.15. The molecule has 0 aliphatic heterocycles. The van der Waals surface area contributed by atoms with Crippen LogP contribution < -0.4 is 4.74 Å². The number of benzene rings is 2. The van der Waals surface area contributed by atoms with Crippen LogP contribution in [0.1, 0.15) is 22.1 Å². The van der Waals surface area contributed by atoms with E-state index < -0.39 is 5.38 Å². The van der Waals surface area contributed by atoms with Gasteiger partial charge in [0.25, 0.3) is 0 Å². The van der Waals surface area contributed by atoms with E-state index in [1.54, 1.807) is 38.3 Å². The topological polar surface area (TPSA) is 9.23 Å². The van der Waals surface area contributed by atoms with E-state index in [2.05, 4.69) is 0 Å². The van der Waals surface area contributed by atoms with Crippen molar-refractivity contribution in [2.45, 2.75) is 12.3 Å². The number of halogens is 3. The summed E-state index contributed by atoms with van der Waals surface area (Å²) in [7, 11) is 1.58. The molecule has 1 unspecified atom stereocenters. The summed E-state index contributed by atoms with van der Waals surface area (Å²) < 4.78 is 18.4. The molecule has 2 aromatic rings. The molecule has 19 heavy (non-hydrogen) atoms. The standard InChI is InChI=1S/C15H13Cl2FO/c1-9-7-10(3-6-14(9)18)15(17)12-5-4-11(19-2)8-13(12)16/h3-8,15H,1-2H3. The van der Waals surface area contributed by atoms with E-state index in [1.807, 2.05) is 6.07 Å². The third kappa shape index (κ3) is 3.02. The molecular formula is C15H13Cl2FO. The van der Waals surface area contributed by atoms with Crippen molar-refractivity contribution >= 4 is 23.2 Å². The van der Waals surface area contributed by atoms with Crippen LogP contribution in [0.4, 0.5) is 4.39 Å². The second kappa shape index (κ2) is 5.81. The number of hydrogen-bond acceptors (Lipinski definition) is 1. The van der Waals surface area contributed by atoms with Gasteiger partial charge in [-0.1, -0.05) is 29.8 Å². The maximum atomic E-state index is 13.3. The van der Waals surface area contributed by atoms with Gasteiger partial charge in [-0.05, 0) is 41.8 Å². The van der Waals surface area contributed by atoms with Gasteiger partial charge in [-0.25, -0.2) is 4.39 Å². The zero-order chi connectivity index (χ0) is 14.0. The highest BCUT2D eigenvalue weighted by Gasteiger charge is 2.15. The van der Waals surface area contributed by atoms with E-state index in [1.165, 1.54) is 6.07 Å². The molecule has 1 atom stereocenters. The molecule has 0 N–H and O–H groups in total. The molecule has 0 bridgehead atoms. The molecule has 4 heteroatoms. The predicted molar refractivity (Wildman–Crippen MR) is 76.8 cm³/mol. The van der Waals surface area contributed by atoms with Gasteiger partial charge in [0.1, 0.15) is 11.6 Å². The minimum Gasteiger partial charge on any atom is -0.497 e. The van der Waals surface area contributed by atoms with Crippen molar-refractivity contribution < 1.29 is 9.13 Å². The SMILES string of the molecule is COc1ccc(C(Cl)c2ccc(F)c(C)c2)c(Cl)c1. The van der Waals surface area contributed by atoms with Gasteiger partial charge in [0.2, 0.25) is 0 Å². The fourth-order valence-electron chi connectivity index (χ4n) is 1.85. The van der Waals surface area contributed by atoms with E-state index in [0.29, 0.717) is 16.3 Å². The lowest BCUT2D eigenvalue weighted by Crippen LogP contribution is -1.97. The lowest BCUT2D eigenvalue weighted by molar-refractivity contribution is 0.414. The summed E-state index contributed by atoms with van der Waals surface area (Å²) in [5.74, 6) is 0.432. The quantitative estimate of drug-likeness (QED) is 0.714. The highest BCUT2D eigenvalue weighted by molar-refractivity contribution is 6.33. The number of aryl methyl sites for hydroxylation is 1. The first kappa shape index (κ1) is 14.2. The Morgan fingerprint density at radius 1 is 1.16 bits per heavy atom. The van der Waals surface area contributed by atoms with Gasteiger partial charge in [0.15, 0.2) is 0 Å². The largest absolute Gasteiger partial charge is 0.497 e. The molecule has 0 amide bonds. The van der Waals surface area contributed by atoms with Crippen LogP contribution in [0.3, 0.4) is 0 Å². The van der Waals surface area contributed by atoms with Crippen LogP contribution in [0.15, 0.2) is 36.4 Å². The minimum absolute atomic E-state index is 0.242. The molecule has 0 saturated heterocycles. The van der Waals surface area contributed by atoms with Gasteiger partial charge in [0, 0.05) is 5.02 Å². The Kier molecular flexibility index (Phi) is 4.33. The van der Waals surface area contributed by atoms with Crippen LogP contribution in [0.5, 0.6) is 5.75 Å². The number of rotatable bonds is 3. The monoisotopic (exact) mass is 298 g/mol. The van der Waals surface area contributed by atoms with Crippen LogP contribution >= 0.6 is 23.2 Å². The van der Waals surface area contributed by atoms with E-state index >= 15 is 0 Å². The molecule has 2 aromatic carbocycles. The summed E-state index contributed by atoms with van der Waals surface area (Å²) in [6.07, 6.45) is 0. The molecule has 0 heterocycles. The zero-order valence-electron chi connectivity index (χ0n) is 10.6. The van der Waals surface area contributed by atoms with Gasteiger partial charge in [-0.3, -0.25) is 0 Å². The first-order valence-corrected chi connectivity index (χ1v) is 6.58. The predicted octanol–water partition coefficient (Wildman–Crippen LogP) is 5.12. The van der Waals surface area contributed by atoms with Crippen molar-refractivity contribution in [1.29, 1.82) is 0 Å².